The summed E-state index contributed by atoms with van der Waals surface area (Å²) < 4.78 is 14.7. The average Bonchev–Trinajstić information content (AvgIpc) is 2.84. The molecule has 0 saturated carbocycles. The van der Waals surface area contributed by atoms with E-state index >= 15 is 0 Å². The maximum atomic E-state index is 13.1. The smallest absolute Gasteiger partial charge is 0.230 e. The van der Waals surface area contributed by atoms with Crippen LogP contribution in [0.5, 0.6) is 0 Å². The van der Waals surface area contributed by atoms with E-state index in [-0.39, 0.29) is 18.1 Å². The molecule has 6 heteroatoms. The Balaban J connectivity index is 1.73. The molecule has 4 nitrogen and oxygen atoms in total. The third-order valence-electron chi connectivity index (χ3n) is 3.26. The number of nitrogens with zero attached hydrogens (tertiary/aromatic N) is 2. The fourth-order valence-electron chi connectivity index (χ4n) is 2.14. The molecule has 3 aromatic rings. The number of amides is 1. The Kier molecular flexibility index (Phi) is 3.81. The lowest BCUT2D eigenvalue weighted by Gasteiger charge is -2.05. The molecular weight excluding hydrogens is 305 g/mol. The Hall–Kier alpha value is -2.40. The van der Waals surface area contributed by atoms with Crippen molar-refractivity contribution in [3.63, 3.8) is 0 Å². The molecule has 0 spiro atoms. The number of rotatable bonds is 3. The van der Waals surface area contributed by atoms with E-state index in [0.29, 0.717) is 22.1 Å². The number of hydrogen-bond acceptors (Lipinski definition) is 2. The van der Waals surface area contributed by atoms with Crippen LogP contribution in [0, 0.1) is 12.7 Å². The maximum Gasteiger partial charge on any atom is 0.230 e. The second-order valence-electron chi connectivity index (χ2n) is 5.03. The second-order valence-corrected chi connectivity index (χ2v) is 5.44. The van der Waals surface area contributed by atoms with E-state index in [1.807, 2.05) is 13.0 Å². The van der Waals surface area contributed by atoms with Crippen LogP contribution >= 0.6 is 11.6 Å². The molecule has 0 bridgehead atoms. The first-order chi connectivity index (χ1) is 10.5. The van der Waals surface area contributed by atoms with Crippen LogP contribution in [-0.2, 0) is 11.2 Å². The fraction of sp³-hybridized carbons (Fsp3) is 0.125. The number of aryl methyl sites for hydroxylation is 1. The number of fused-ring (bicyclic) bond motifs is 1. The van der Waals surface area contributed by atoms with Gasteiger partial charge >= 0.3 is 0 Å². The van der Waals surface area contributed by atoms with E-state index in [0.717, 1.165) is 5.56 Å². The molecule has 0 saturated heterocycles. The summed E-state index contributed by atoms with van der Waals surface area (Å²) in [4.78, 5) is 16.3. The van der Waals surface area contributed by atoms with Crippen LogP contribution in [-0.4, -0.2) is 15.3 Å². The highest BCUT2D eigenvalue weighted by Gasteiger charge is 2.09. The first-order valence-electron chi connectivity index (χ1n) is 6.70. The highest BCUT2D eigenvalue weighted by atomic mass is 35.5. The van der Waals surface area contributed by atoms with Gasteiger partial charge in [0, 0.05) is 23.1 Å². The van der Waals surface area contributed by atoms with Gasteiger partial charge in [0.05, 0.1) is 12.1 Å². The number of hydrogen-bond donors (Lipinski definition) is 1. The minimum atomic E-state index is -0.352. The molecule has 2 heterocycles. The van der Waals surface area contributed by atoms with Gasteiger partial charge in [-0.1, -0.05) is 17.7 Å². The Morgan fingerprint density at radius 1 is 1.32 bits per heavy atom. The predicted octanol–water partition coefficient (Wildman–Crippen LogP) is 3.62. The summed E-state index contributed by atoms with van der Waals surface area (Å²) >= 11 is 6.02. The van der Waals surface area contributed by atoms with Crippen molar-refractivity contribution in [2.45, 2.75) is 13.3 Å². The van der Waals surface area contributed by atoms with E-state index in [1.165, 1.54) is 12.3 Å². The molecular formula is C16H13ClFN3O. The SMILES string of the molecule is Cc1ccc(NC(=O)Cc2cn3cc(F)ccc3n2)cc1Cl. The molecule has 0 fully saturated rings. The lowest BCUT2D eigenvalue weighted by molar-refractivity contribution is -0.115. The largest absolute Gasteiger partial charge is 0.326 e. The first kappa shape index (κ1) is 14.5. The lowest BCUT2D eigenvalue weighted by Crippen LogP contribution is -2.14. The normalized spacial score (nSPS) is 10.9. The first-order valence-corrected chi connectivity index (χ1v) is 7.08. The number of imidazole rings is 1. The number of halogens is 2. The third kappa shape index (κ3) is 3.09. The number of carbonyl (C=O) groups excluding carboxylic acids is 1. The molecule has 0 atom stereocenters. The summed E-state index contributed by atoms with van der Waals surface area (Å²) in [5.74, 6) is -0.556. The van der Waals surface area contributed by atoms with E-state index in [2.05, 4.69) is 10.3 Å². The van der Waals surface area contributed by atoms with Gasteiger partial charge < -0.3 is 9.72 Å². The van der Waals surface area contributed by atoms with Crippen molar-refractivity contribution >= 4 is 28.8 Å². The van der Waals surface area contributed by atoms with E-state index in [4.69, 9.17) is 11.6 Å². The number of carbonyl (C=O) groups is 1. The van der Waals surface area contributed by atoms with Crippen molar-refractivity contribution in [1.29, 1.82) is 0 Å². The van der Waals surface area contributed by atoms with Crippen LogP contribution in [0.1, 0.15) is 11.3 Å². The van der Waals surface area contributed by atoms with Crippen LogP contribution < -0.4 is 5.32 Å². The molecule has 112 valence electrons. The van der Waals surface area contributed by atoms with Crippen molar-refractivity contribution < 1.29 is 9.18 Å². The van der Waals surface area contributed by atoms with Crippen molar-refractivity contribution in [2.24, 2.45) is 0 Å². The van der Waals surface area contributed by atoms with Crippen molar-refractivity contribution in [3.8, 4) is 0 Å². The van der Waals surface area contributed by atoms with Gasteiger partial charge in [-0.15, -0.1) is 0 Å². The van der Waals surface area contributed by atoms with Crippen LogP contribution in [0.4, 0.5) is 10.1 Å². The summed E-state index contributed by atoms with van der Waals surface area (Å²) in [6.45, 7) is 1.89. The highest BCUT2D eigenvalue weighted by molar-refractivity contribution is 6.31. The zero-order chi connectivity index (χ0) is 15.7. The quantitative estimate of drug-likeness (QED) is 0.802. The van der Waals surface area contributed by atoms with Crippen LogP contribution in [0.15, 0.2) is 42.7 Å². The molecule has 1 aromatic carbocycles. The standard InChI is InChI=1S/C16H13ClFN3O/c1-10-2-4-12(6-14(10)17)20-16(22)7-13-9-21-8-11(18)3-5-15(21)19-13/h2-6,8-9H,7H2,1H3,(H,20,22). The molecule has 0 radical (unpaired) electrons. The van der Waals surface area contributed by atoms with Crippen molar-refractivity contribution in [2.75, 3.05) is 5.32 Å². The van der Waals surface area contributed by atoms with Gasteiger partial charge in [-0.2, -0.15) is 0 Å². The van der Waals surface area contributed by atoms with E-state index in [9.17, 15) is 9.18 Å². The molecule has 1 amide bonds. The molecule has 0 aliphatic rings. The van der Waals surface area contributed by atoms with Gasteiger partial charge in [-0.05, 0) is 36.8 Å². The minimum absolute atomic E-state index is 0.106. The molecule has 22 heavy (non-hydrogen) atoms. The number of anilines is 1. The lowest BCUT2D eigenvalue weighted by atomic mass is 10.2. The Morgan fingerprint density at radius 2 is 2.14 bits per heavy atom. The number of benzene rings is 1. The maximum absolute atomic E-state index is 13.1. The summed E-state index contributed by atoms with van der Waals surface area (Å²) in [5, 5.41) is 3.37. The summed E-state index contributed by atoms with van der Waals surface area (Å²) in [5.41, 5.74) is 2.75. The molecule has 0 aliphatic carbocycles. The number of nitrogens with one attached hydrogen (secondary N) is 1. The molecule has 0 aliphatic heterocycles. The van der Waals surface area contributed by atoms with Crippen LogP contribution in [0.3, 0.4) is 0 Å². The van der Waals surface area contributed by atoms with Crippen molar-refractivity contribution in [1.82, 2.24) is 9.38 Å². The number of pyridine rings is 1. The van der Waals surface area contributed by atoms with Gasteiger partial charge in [-0.3, -0.25) is 4.79 Å². The van der Waals surface area contributed by atoms with Crippen molar-refractivity contribution in [3.05, 3.63) is 64.8 Å². The molecule has 1 N–H and O–H groups in total. The summed E-state index contributed by atoms with van der Waals surface area (Å²) in [6, 6.07) is 8.23. The fourth-order valence-corrected chi connectivity index (χ4v) is 2.32. The minimum Gasteiger partial charge on any atom is -0.326 e. The summed E-state index contributed by atoms with van der Waals surface area (Å²) in [6.07, 6.45) is 3.07. The molecule has 0 unspecified atom stereocenters. The van der Waals surface area contributed by atoms with Gasteiger partial charge in [0.1, 0.15) is 11.5 Å². The Labute approximate surface area is 131 Å². The van der Waals surface area contributed by atoms with Gasteiger partial charge in [0.2, 0.25) is 5.91 Å². The molecule has 3 rings (SSSR count). The van der Waals surface area contributed by atoms with Gasteiger partial charge in [0.25, 0.3) is 0 Å². The highest BCUT2D eigenvalue weighted by Crippen LogP contribution is 2.20. The third-order valence-corrected chi connectivity index (χ3v) is 3.67. The van der Waals surface area contributed by atoms with E-state index in [1.54, 1.807) is 28.8 Å². The topological polar surface area (TPSA) is 46.4 Å². The zero-order valence-electron chi connectivity index (χ0n) is 11.8. The Bertz CT molecular complexity index is 860. The zero-order valence-corrected chi connectivity index (χ0v) is 12.6. The van der Waals surface area contributed by atoms with Crippen LogP contribution in [0.2, 0.25) is 5.02 Å². The molecule has 2 aromatic heterocycles. The number of aromatic nitrogens is 2. The van der Waals surface area contributed by atoms with E-state index < -0.39 is 0 Å². The summed E-state index contributed by atoms with van der Waals surface area (Å²) in [7, 11) is 0. The van der Waals surface area contributed by atoms with Gasteiger partial charge in [0.15, 0.2) is 0 Å². The Morgan fingerprint density at radius 3 is 2.91 bits per heavy atom. The second kappa shape index (κ2) is 5.77. The monoisotopic (exact) mass is 317 g/mol. The van der Waals surface area contributed by atoms with Crippen LogP contribution in [0.25, 0.3) is 5.65 Å². The average molecular weight is 318 g/mol. The van der Waals surface area contributed by atoms with Gasteiger partial charge in [-0.25, -0.2) is 9.37 Å². The predicted molar refractivity (Wildman–Crippen MR) is 83.7 cm³/mol.